The van der Waals surface area contributed by atoms with Gasteiger partial charge >= 0.3 is 0 Å². The SMILES string of the molecule is COc1ccc(OC)c2c1CN(CC(=O)Nc1ccc(Cl)cn1)C[C@H]2O. The molecule has 1 aromatic carbocycles. The molecule has 2 aromatic rings. The lowest BCUT2D eigenvalue weighted by Gasteiger charge is -2.33. The van der Waals surface area contributed by atoms with E-state index in [1.165, 1.54) is 6.20 Å². The fourth-order valence-electron chi connectivity index (χ4n) is 3.10. The van der Waals surface area contributed by atoms with Crippen LogP contribution in [0.25, 0.3) is 0 Å². The second kappa shape index (κ2) is 7.90. The van der Waals surface area contributed by atoms with Gasteiger partial charge in [0.25, 0.3) is 0 Å². The van der Waals surface area contributed by atoms with Crippen LogP contribution in [-0.4, -0.2) is 48.2 Å². The molecule has 1 atom stereocenters. The number of rotatable bonds is 5. The Bertz CT molecular complexity index is 798. The molecule has 8 heteroatoms. The van der Waals surface area contributed by atoms with Crippen LogP contribution in [0.4, 0.5) is 5.82 Å². The van der Waals surface area contributed by atoms with Gasteiger partial charge in [0.2, 0.25) is 5.91 Å². The molecule has 138 valence electrons. The minimum atomic E-state index is -0.773. The number of fused-ring (bicyclic) bond motifs is 1. The predicted molar refractivity (Wildman–Crippen MR) is 97.7 cm³/mol. The lowest BCUT2D eigenvalue weighted by atomic mass is 9.95. The summed E-state index contributed by atoms with van der Waals surface area (Å²) < 4.78 is 10.8. The monoisotopic (exact) mass is 377 g/mol. The van der Waals surface area contributed by atoms with E-state index in [0.29, 0.717) is 41.0 Å². The summed E-state index contributed by atoms with van der Waals surface area (Å²) in [5.41, 5.74) is 1.53. The van der Waals surface area contributed by atoms with Crippen molar-refractivity contribution in [3.63, 3.8) is 0 Å². The number of hydrogen-bond acceptors (Lipinski definition) is 6. The summed E-state index contributed by atoms with van der Waals surface area (Å²) in [4.78, 5) is 18.2. The quantitative estimate of drug-likeness (QED) is 0.831. The largest absolute Gasteiger partial charge is 0.496 e. The second-order valence-corrected chi connectivity index (χ2v) is 6.39. The van der Waals surface area contributed by atoms with Crippen LogP contribution >= 0.6 is 11.6 Å². The van der Waals surface area contributed by atoms with Crippen molar-refractivity contribution in [1.29, 1.82) is 0 Å². The number of β-amino-alcohol motifs (C(OH)–C–C–N with tert-alkyl or cyclic N) is 1. The third kappa shape index (κ3) is 3.90. The van der Waals surface area contributed by atoms with E-state index in [0.717, 1.165) is 5.56 Å². The highest BCUT2D eigenvalue weighted by Gasteiger charge is 2.30. The smallest absolute Gasteiger partial charge is 0.239 e. The summed E-state index contributed by atoms with van der Waals surface area (Å²) >= 11 is 5.79. The van der Waals surface area contributed by atoms with Crippen molar-refractivity contribution >= 4 is 23.3 Å². The van der Waals surface area contributed by atoms with Crippen molar-refractivity contribution in [3.05, 3.63) is 46.6 Å². The Kier molecular flexibility index (Phi) is 5.61. The van der Waals surface area contributed by atoms with Crippen LogP contribution in [0, 0.1) is 0 Å². The van der Waals surface area contributed by atoms with E-state index in [1.54, 1.807) is 38.5 Å². The van der Waals surface area contributed by atoms with Gasteiger partial charge in [0.05, 0.1) is 31.9 Å². The highest BCUT2D eigenvalue weighted by atomic mass is 35.5. The van der Waals surface area contributed by atoms with Crippen molar-refractivity contribution in [2.75, 3.05) is 32.6 Å². The van der Waals surface area contributed by atoms with E-state index in [2.05, 4.69) is 10.3 Å². The molecule has 3 rings (SSSR count). The number of halogens is 1. The van der Waals surface area contributed by atoms with E-state index >= 15 is 0 Å². The molecule has 7 nitrogen and oxygen atoms in total. The van der Waals surface area contributed by atoms with Gasteiger partial charge in [-0.25, -0.2) is 4.98 Å². The first kappa shape index (κ1) is 18.4. The Hall–Kier alpha value is -2.35. The molecular formula is C18H20ClN3O4. The fourth-order valence-corrected chi connectivity index (χ4v) is 3.21. The van der Waals surface area contributed by atoms with Gasteiger partial charge < -0.3 is 19.9 Å². The van der Waals surface area contributed by atoms with E-state index in [9.17, 15) is 9.90 Å². The predicted octanol–water partition coefficient (Wildman–Crippen LogP) is 2.24. The van der Waals surface area contributed by atoms with Gasteiger partial charge in [0, 0.05) is 30.4 Å². The molecule has 0 unspecified atom stereocenters. The van der Waals surface area contributed by atoms with Crippen LogP contribution < -0.4 is 14.8 Å². The average Bonchev–Trinajstić information content (AvgIpc) is 2.62. The summed E-state index contributed by atoms with van der Waals surface area (Å²) in [5, 5.41) is 13.8. The molecular weight excluding hydrogens is 358 g/mol. The number of aliphatic hydroxyl groups excluding tert-OH is 1. The number of hydrogen-bond donors (Lipinski definition) is 2. The van der Waals surface area contributed by atoms with E-state index in [4.69, 9.17) is 21.1 Å². The maximum absolute atomic E-state index is 12.3. The molecule has 2 heterocycles. The molecule has 26 heavy (non-hydrogen) atoms. The summed E-state index contributed by atoms with van der Waals surface area (Å²) in [6.45, 7) is 0.896. The number of nitrogens with zero attached hydrogens (tertiary/aromatic N) is 2. The Labute approximate surface area is 156 Å². The zero-order valence-electron chi connectivity index (χ0n) is 14.5. The maximum atomic E-state index is 12.3. The lowest BCUT2D eigenvalue weighted by molar-refractivity contribution is -0.118. The minimum absolute atomic E-state index is 0.112. The maximum Gasteiger partial charge on any atom is 0.239 e. The zero-order valence-corrected chi connectivity index (χ0v) is 15.3. The molecule has 0 saturated carbocycles. The molecule has 1 amide bonds. The van der Waals surface area contributed by atoms with Crippen molar-refractivity contribution in [3.8, 4) is 11.5 Å². The van der Waals surface area contributed by atoms with Gasteiger partial charge in [-0.15, -0.1) is 0 Å². The molecule has 1 aromatic heterocycles. The van der Waals surface area contributed by atoms with Crippen LogP contribution in [0.2, 0.25) is 5.02 Å². The van der Waals surface area contributed by atoms with Crippen LogP contribution in [-0.2, 0) is 11.3 Å². The third-order valence-corrected chi connectivity index (χ3v) is 4.45. The van der Waals surface area contributed by atoms with E-state index in [1.807, 2.05) is 4.90 Å². The van der Waals surface area contributed by atoms with Crippen molar-refractivity contribution in [1.82, 2.24) is 9.88 Å². The van der Waals surface area contributed by atoms with Crippen LogP contribution in [0.1, 0.15) is 17.2 Å². The van der Waals surface area contributed by atoms with Crippen molar-refractivity contribution in [2.45, 2.75) is 12.6 Å². The summed E-state index contributed by atoms with van der Waals surface area (Å²) in [6, 6.07) is 6.86. The number of aromatic nitrogens is 1. The van der Waals surface area contributed by atoms with E-state index < -0.39 is 6.10 Å². The average molecular weight is 378 g/mol. The molecule has 0 bridgehead atoms. The normalized spacial score (nSPS) is 16.7. The van der Waals surface area contributed by atoms with Crippen molar-refractivity contribution < 1.29 is 19.4 Å². The number of ether oxygens (including phenoxy) is 2. The third-order valence-electron chi connectivity index (χ3n) is 4.22. The van der Waals surface area contributed by atoms with Gasteiger partial charge in [0.1, 0.15) is 17.3 Å². The molecule has 2 N–H and O–H groups in total. The lowest BCUT2D eigenvalue weighted by Crippen LogP contribution is -2.39. The molecule has 0 radical (unpaired) electrons. The number of amides is 1. The summed E-state index contributed by atoms with van der Waals surface area (Å²) in [5.74, 6) is 1.47. The topological polar surface area (TPSA) is 83.9 Å². The van der Waals surface area contributed by atoms with Crippen LogP contribution in [0.5, 0.6) is 11.5 Å². The first-order valence-electron chi connectivity index (χ1n) is 8.07. The number of aliphatic hydroxyl groups is 1. The number of carbonyl (C=O) groups excluding carboxylic acids is 1. The highest BCUT2D eigenvalue weighted by Crippen LogP contribution is 2.39. The van der Waals surface area contributed by atoms with Crippen LogP contribution in [0.15, 0.2) is 30.5 Å². The number of carbonyl (C=O) groups is 1. The van der Waals surface area contributed by atoms with E-state index in [-0.39, 0.29) is 12.5 Å². The van der Waals surface area contributed by atoms with Gasteiger partial charge in [-0.05, 0) is 24.3 Å². The minimum Gasteiger partial charge on any atom is -0.496 e. The van der Waals surface area contributed by atoms with Crippen LogP contribution in [0.3, 0.4) is 0 Å². The Balaban J connectivity index is 1.74. The number of pyridine rings is 1. The zero-order chi connectivity index (χ0) is 18.7. The van der Waals surface area contributed by atoms with Gasteiger partial charge in [0.15, 0.2) is 0 Å². The standard InChI is InChI=1S/C18H20ClN3O4/c1-25-14-4-5-15(26-2)18-12(14)8-22(9-13(18)23)10-17(24)21-16-6-3-11(19)7-20-16/h3-7,13,23H,8-10H2,1-2H3,(H,20,21,24)/t13-/m1/s1. The molecule has 0 fully saturated rings. The second-order valence-electron chi connectivity index (χ2n) is 5.96. The Morgan fingerprint density at radius 3 is 2.69 bits per heavy atom. The fraction of sp³-hybridized carbons (Fsp3) is 0.333. The molecule has 1 aliphatic heterocycles. The Morgan fingerprint density at radius 1 is 1.31 bits per heavy atom. The number of methoxy groups -OCH3 is 2. The van der Waals surface area contributed by atoms with Gasteiger partial charge in [-0.3, -0.25) is 9.69 Å². The van der Waals surface area contributed by atoms with Crippen molar-refractivity contribution in [2.24, 2.45) is 0 Å². The number of anilines is 1. The highest BCUT2D eigenvalue weighted by molar-refractivity contribution is 6.30. The summed E-state index contributed by atoms with van der Waals surface area (Å²) in [7, 11) is 3.14. The Morgan fingerprint density at radius 2 is 2.04 bits per heavy atom. The first-order valence-corrected chi connectivity index (χ1v) is 8.45. The molecule has 1 aliphatic rings. The first-order chi connectivity index (χ1) is 12.5. The number of nitrogens with one attached hydrogen (secondary N) is 1. The molecule has 0 spiro atoms. The summed E-state index contributed by atoms with van der Waals surface area (Å²) in [6.07, 6.45) is 0.695. The molecule has 0 aliphatic carbocycles. The number of benzene rings is 1. The molecule has 0 saturated heterocycles. The van der Waals surface area contributed by atoms with Gasteiger partial charge in [-0.2, -0.15) is 0 Å². The van der Waals surface area contributed by atoms with Gasteiger partial charge in [-0.1, -0.05) is 11.6 Å².